The van der Waals surface area contributed by atoms with Crippen LogP contribution in [0.3, 0.4) is 0 Å². The van der Waals surface area contributed by atoms with Gasteiger partial charge in [-0.25, -0.2) is 13.4 Å². The largest absolute Gasteiger partial charge is 0.392 e. The fourth-order valence-electron chi connectivity index (χ4n) is 5.22. The molecule has 10 nitrogen and oxygen atoms in total. The van der Waals surface area contributed by atoms with Gasteiger partial charge in [-0.3, -0.25) is 9.59 Å². The molecule has 4 aromatic rings. The standard InChI is InChI=1S/C31H33N5O5S/c1-34(2)23-9-10-25-21(14-23)12-13-36(30(25)38)28-7-5-6-24(26(28)18-37)22-15-27(31(39)35(3)17-22)33-29-11-8-20(16-32-29)19-42(4,40)41/h5-11,14-17,37H,12-13,18-19H2,1-4H3,(H,32,33). The number of fused-ring (bicyclic) bond motifs is 1. The Morgan fingerprint density at radius 1 is 1.05 bits per heavy atom. The van der Waals surface area contributed by atoms with Crippen LogP contribution in [0.15, 0.2) is 71.8 Å². The molecule has 5 rings (SSSR count). The van der Waals surface area contributed by atoms with Gasteiger partial charge in [-0.15, -0.1) is 0 Å². The van der Waals surface area contributed by atoms with Crippen LogP contribution in [-0.4, -0.2) is 55.9 Å². The molecule has 0 atom stereocenters. The normalized spacial score (nSPS) is 13.2. The fraction of sp³-hybridized carbons (Fsp3) is 0.258. The van der Waals surface area contributed by atoms with Crippen molar-refractivity contribution < 1.29 is 18.3 Å². The zero-order valence-corrected chi connectivity index (χ0v) is 24.8. The summed E-state index contributed by atoms with van der Waals surface area (Å²) in [6, 6.07) is 16.3. The second kappa shape index (κ2) is 11.4. The Kier molecular flexibility index (Phi) is 7.89. The van der Waals surface area contributed by atoms with Crippen LogP contribution in [0.5, 0.6) is 0 Å². The molecule has 0 fully saturated rings. The molecule has 0 spiro atoms. The number of pyridine rings is 2. The van der Waals surface area contributed by atoms with Crippen LogP contribution < -0.4 is 20.7 Å². The SMILES string of the molecule is CN(C)c1ccc2c(c1)CCN(c1cccc(-c3cc(Nc4ccc(CS(C)(=O)=O)cn4)c(=O)n(C)c3)c1CO)C2=O. The van der Waals surface area contributed by atoms with E-state index in [1.807, 2.05) is 55.4 Å². The number of carbonyl (C=O) groups excluding carboxylic acids is 1. The number of hydrogen-bond acceptors (Lipinski definition) is 8. The Morgan fingerprint density at radius 2 is 1.83 bits per heavy atom. The number of carbonyl (C=O) groups is 1. The zero-order valence-electron chi connectivity index (χ0n) is 24.0. The van der Waals surface area contributed by atoms with Gasteiger partial charge in [-0.2, -0.15) is 0 Å². The molecule has 1 amide bonds. The van der Waals surface area contributed by atoms with Crippen molar-refractivity contribution in [3.63, 3.8) is 0 Å². The number of aliphatic hydroxyl groups is 1. The van der Waals surface area contributed by atoms with Gasteiger partial charge in [0.25, 0.3) is 11.5 Å². The maximum Gasteiger partial charge on any atom is 0.274 e. The van der Waals surface area contributed by atoms with Crippen LogP contribution in [0, 0.1) is 0 Å². The molecule has 0 saturated carbocycles. The first kappa shape index (κ1) is 29.0. The van der Waals surface area contributed by atoms with Crippen molar-refractivity contribution in [1.82, 2.24) is 9.55 Å². The number of aromatic nitrogens is 2. The summed E-state index contributed by atoms with van der Waals surface area (Å²) < 4.78 is 24.6. The lowest BCUT2D eigenvalue weighted by Gasteiger charge is -2.31. The number of amides is 1. The average Bonchev–Trinajstić information content (AvgIpc) is 2.95. The molecule has 3 heterocycles. The van der Waals surface area contributed by atoms with E-state index in [-0.39, 0.29) is 29.5 Å². The molecular weight excluding hydrogens is 554 g/mol. The minimum Gasteiger partial charge on any atom is -0.392 e. The minimum absolute atomic E-state index is 0.124. The molecule has 2 aromatic heterocycles. The van der Waals surface area contributed by atoms with E-state index in [1.165, 1.54) is 10.8 Å². The summed E-state index contributed by atoms with van der Waals surface area (Å²) in [7, 11) is 2.36. The maximum atomic E-state index is 13.6. The second-order valence-corrected chi connectivity index (χ2v) is 12.8. The Hall–Kier alpha value is -4.48. The third kappa shape index (κ3) is 5.93. The number of aryl methyl sites for hydroxylation is 1. The van der Waals surface area contributed by atoms with Crippen molar-refractivity contribution in [2.45, 2.75) is 18.8 Å². The van der Waals surface area contributed by atoms with Crippen molar-refractivity contribution in [1.29, 1.82) is 0 Å². The molecule has 1 aliphatic rings. The number of anilines is 4. The third-order valence-corrected chi connectivity index (χ3v) is 8.15. The van der Waals surface area contributed by atoms with E-state index < -0.39 is 9.84 Å². The summed E-state index contributed by atoms with van der Waals surface area (Å²) in [5.41, 5.74) is 5.73. The number of aliphatic hydroxyl groups excluding tert-OH is 1. The Bertz CT molecular complexity index is 1830. The number of benzene rings is 2. The lowest BCUT2D eigenvalue weighted by Crippen LogP contribution is -2.38. The molecule has 0 aliphatic carbocycles. The molecule has 0 unspecified atom stereocenters. The molecule has 42 heavy (non-hydrogen) atoms. The Morgan fingerprint density at radius 3 is 2.50 bits per heavy atom. The van der Waals surface area contributed by atoms with Gasteiger partial charge in [0.15, 0.2) is 9.84 Å². The van der Waals surface area contributed by atoms with Gasteiger partial charge in [0.2, 0.25) is 0 Å². The van der Waals surface area contributed by atoms with Crippen molar-refractivity contribution in [3.8, 4) is 11.1 Å². The lowest BCUT2D eigenvalue weighted by atomic mass is 9.94. The second-order valence-electron chi connectivity index (χ2n) is 10.7. The number of nitrogens with zero attached hydrogens (tertiary/aromatic N) is 4. The van der Waals surface area contributed by atoms with E-state index in [4.69, 9.17) is 0 Å². The van der Waals surface area contributed by atoms with Gasteiger partial charge in [0, 0.05) is 68.7 Å². The van der Waals surface area contributed by atoms with Gasteiger partial charge < -0.3 is 24.8 Å². The third-order valence-electron chi connectivity index (χ3n) is 7.30. The van der Waals surface area contributed by atoms with E-state index in [0.717, 1.165) is 17.5 Å². The topological polar surface area (TPSA) is 125 Å². The van der Waals surface area contributed by atoms with E-state index in [1.54, 1.807) is 36.3 Å². The highest BCUT2D eigenvalue weighted by atomic mass is 32.2. The number of rotatable bonds is 8. The smallest absolute Gasteiger partial charge is 0.274 e. The first-order valence-corrected chi connectivity index (χ1v) is 15.5. The number of nitrogens with one attached hydrogen (secondary N) is 1. The Balaban J connectivity index is 1.49. The Labute approximate surface area is 244 Å². The van der Waals surface area contributed by atoms with Gasteiger partial charge in [0.05, 0.1) is 18.0 Å². The van der Waals surface area contributed by atoms with E-state index in [9.17, 15) is 23.1 Å². The van der Waals surface area contributed by atoms with Crippen molar-refractivity contribution >= 4 is 38.6 Å². The van der Waals surface area contributed by atoms with Crippen LogP contribution in [0.25, 0.3) is 11.1 Å². The summed E-state index contributed by atoms with van der Waals surface area (Å²) >= 11 is 0. The number of hydrogen-bond donors (Lipinski definition) is 2. The predicted molar refractivity (Wildman–Crippen MR) is 165 cm³/mol. The lowest BCUT2D eigenvalue weighted by molar-refractivity contribution is 0.0980. The van der Waals surface area contributed by atoms with Crippen LogP contribution in [0.1, 0.15) is 27.0 Å². The highest BCUT2D eigenvalue weighted by Gasteiger charge is 2.28. The highest BCUT2D eigenvalue weighted by molar-refractivity contribution is 7.89. The van der Waals surface area contributed by atoms with Gasteiger partial charge >= 0.3 is 0 Å². The molecule has 218 valence electrons. The molecule has 1 aliphatic heterocycles. The van der Waals surface area contributed by atoms with E-state index in [0.29, 0.717) is 52.3 Å². The van der Waals surface area contributed by atoms with Crippen LogP contribution in [0.2, 0.25) is 0 Å². The van der Waals surface area contributed by atoms with Gasteiger partial charge in [-0.1, -0.05) is 18.2 Å². The molecule has 2 aromatic carbocycles. The van der Waals surface area contributed by atoms with Gasteiger partial charge in [0.1, 0.15) is 11.5 Å². The maximum absolute atomic E-state index is 13.6. The van der Waals surface area contributed by atoms with Crippen molar-refractivity contribution in [2.24, 2.45) is 7.05 Å². The minimum atomic E-state index is -3.20. The van der Waals surface area contributed by atoms with E-state index >= 15 is 0 Å². The number of sulfone groups is 1. The first-order chi connectivity index (χ1) is 19.9. The molecule has 0 radical (unpaired) electrons. The molecule has 0 saturated heterocycles. The van der Waals surface area contributed by atoms with Crippen LogP contribution in [-0.2, 0) is 35.7 Å². The van der Waals surface area contributed by atoms with Gasteiger partial charge in [-0.05, 0) is 59.5 Å². The highest BCUT2D eigenvalue weighted by Crippen LogP contribution is 2.35. The van der Waals surface area contributed by atoms with Crippen molar-refractivity contribution in [2.75, 3.05) is 42.0 Å². The predicted octanol–water partition coefficient (Wildman–Crippen LogP) is 3.50. The van der Waals surface area contributed by atoms with Crippen molar-refractivity contribution in [3.05, 3.63) is 99.6 Å². The summed E-state index contributed by atoms with van der Waals surface area (Å²) in [6.07, 6.45) is 4.98. The summed E-state index contributed by atoms with van der Waals surface area (Å²) in [5.74, 6) is 0.134. The quantitative estimate of drug-likeness (QED) is 0.321. The van der Waals surface area contributed by atoms with Crippen LogP contribution in [0.4, 0.5) is 22.9 Å². The fourth-order valence-corrected chi connectivity index (χ4v) is 6.00. The summed E-state index contributed by atoms with van der Waals surface area (Å²) in [6.45, 7) is 0.164. The first-order valence-electron chi connectivity index (χ1n) is 13.4. The summed E-state index contributed by atoms with van der Waals surface area (Å²) in [5, 5.41) is 13.6. The monoisotopic (exact) mass is 587 g/mol. The summed E-state index contributed by atoms with van der Waals surface area (Å²) in [4.78, 5) is 34.6. The molecule has 11 heteroatoms. The van der Waals surface area contributed by atoms with Crippen LogP contribution >= 0.6 is 0 Å². The molecule has 0 bridgehead atoms. The van der Waals surface area contributed by atoms with E-state index in [2.05, 4.69) is 10.3 Å². The molecular formula is C31H33N5O5S. The zero-order chi connectivity index (χ0) is 30.2. The molecule has 2 N–H and O–H groups in total. The average molecular weight is 588 g/mol.